The van der Waals surface area contributed by atoms with Gasteiger partial charge in [-0.05, 0) is 35.4 Å². The summed E-state index contributed by atoms with van der Waals surface area (Å²) in [6, 6.07) is 23.5. The fraction of sp³-hybridized carbons (Fsp3) is 0.0667. The van der Waals surface area contributed by atoms with Crippen LogP contribution < -0.4 is 4.74 Å². The molecular weight excluding hydrogens is 509 g/mol. The van der Waals surface area contributed by atoms with E-state index < -0.39 is 16.7 Å². The van der Waals surface area contributed by atoms with Crippen molar-refractivity contribution >= 4 is 22.9 Å². The highest BCUT2D eigenvalue weighted by Crippen LogP contribution is 2.42. The Labute approximate surface area is 220 Å². The molecule has 0 radical (unpaired) electrons. The van der Waals surface area contributed by atoms with E-state index in [1.807, 2.05) is 0 Å². The Bertz CT molecular complexity index is 1720. The van der Waals surface area contributed by atoms with E-state index in [-0.39, 0.29) is 23.2 Å². The number of hydrogen-bond acceptors (Lipinski definition) is 5. The van der Waals surface area contributed by atoms with Gasteiger partial charge in [-0.1, -0.05) is 60.7 Å². The molecule has 0 aliphatic heterocycles. The molecule has 4 aromatic carbocycles. The van der Waals surface area contributed by atoms with Gasteiger partial charge in [-0.15, -0.1) is 0 Å². The SMILES string of the molecule is O=Cc1ccccc1-c1cnc2c(C(F)(F)F)cccc2c1-c1cccc(OCc2ccccc2[N+](=O)[O-])c1. The number of fused-ring (bicyclic) bond motifs is 1. The molecule has 6 nitrogen and oxygen atoms in total. The Balaban J connectivity index is 1.67. The summed E-state index contributed by atoms with van der Waals surface area (Å²) in [7, 11) is 0. The quantitative estimate of drug-likeness (QED) is 0.122. The molecule has 1 aromatic heterocycles. The lowest BCUT2D eigenvalue weighted by Crippen LogP contribution is -2.07. The smallest absolute Gasteiger partial charge is 0.418 e. The summed E-state index contributed by atoms with van der Waals surface area (Å²) in [6.45, 7) is -0.0866. The molecule has 0 saturated carbocycles. The van der Waals surface area contributed by atoms with E-state index in [1.165, 1.54) is 18.3 Å². The van der Waals surface area contributed by atoms with Crippen molar-refractivity contribution in [3.8, 4) is 28.0 Å². The van der Waals surface area contributed by atoms with Crippen molar-refractivity contribution in [1.29, 1.82) is 0 Å². The van der Waals surface area contributed by atoms with Gasteiger partial charge >= 0.3 is 6.18 Å². The molecule has 0 aliphatic carbocycles. The van der Waals surface area contributed by atoms with Crippen LogP contribution in [-0.4, -0.2) is 16.2 Å². The van der Waals surface area contributed by atoms with Crippen LogP contribution in [0.15, 0.2) is 97.2 Å². The average Bonchev–Trinajstić information content (AvgIpc) is 2.94. The molecule has 0 atom stereocenters. The fourth-order valence-corrected chi connectivity index (χ4v) is 4.53. The molecule has 5 aromatic rings. The van der Waals surface area contributed by atoms with Crippen molar-refractivity contribution in [1.82, 2.24) is 4.98 Å². The van der Waals surface area contributed by atoms with E-state index in [4.69, 9.17) is 4.74 Å². The normalized spacial score (nSPS) is 11.4. The van der Waals surface area contributed by atoms with Crippen LogP contribution in [0.1, 0.15) is 21.5 Å². The predicted molar refractivity (Wildman–Crippen MR) is 140 cm³/mol. The number of para-hydroxylation sites is 2. The third-order valence-electron chi connectivity index (χ3n) is 6.29. The van der Waals surface area contributed by atoms with Crippen molar-refractivity contribution in [2.45, 2.75) is 12.8 Å². The minimum absolute atomic E-state index is 0.0822. The molecule has 0 spiro atoms. The number of aldehydes is 1. The van der Waals surface area contributed by atoms with Crippen LogP contribution in [0.2, 0.25) is 0 Å². The number of carbonyl (C=O) groups is 1. The third-order valence-corrected chi connectivity index (χ3v) is 6.29. The number of benzene rings is 4. The van der Waals surface area contributed by atoms with Gasteiger partial charge in [0.15, 0.2) is 6.29 Å². The molecular formula is C30H19F3N2O4. The van der Waals surface area contributed by atoms with Crippen LogP contribution >= 0.6 is 0 Å². The minimum Gasteiger partial charge on any atom is -0.489 e. The molecule has 1 heterocycles. The number of carbonyl (C=O) groups excluding carboxylic acids is 1. The van der Waals surface area contributed by atoms with E-state index in [2.05, 4.69) is 4.98 Å². The average molecular weight is 528 g/mol. The van der Waals surface area contributed by atoms with E-state index in [0.29, 0.717) is 45.4 Å². The zero-order chi connectivity index (χ0) is 27.6. The highest BCUT2D eigenvalue weighted by molar-refractivity contribution is 6.05. The number of hydrogen-bond donors (Lipinski definition) is 0. The molecule has 39 heavy (non-hydrogen) atoms. The maximum atomic E-state index is 13.9. The molecule has 0 unspecified atom stereocenters. The largest absolute Gasteiger partial charge is 0.489 e. The van der Waals surface area contributed by atoms with Gasteiger partial charge in [0, 0.05) is 34.3 Å². The standard InChI is InChI=1S/C30H19F3N2O4/c31-30(32,33)26-13-6-12-24-28(25(16-34-29(24)26)23-11-3-1-7-20(23)17-36)19-9-5-10-22(15-19)39-18-21-8-2-4-14-27(21)35(37)38/h1-17H,18H2. The second kappa shape index (κ2) is 10.4. The zero-order valence-electron chi connectivity index (χ0n) is 20.2. The first kappa shape index (κ1) is 25.6. The summed E-state index contributed by atoms with van der Waals surface area (Å²) >= 11 is 0. The Morgan fingerprint density at radius 2 is 1.64 bits per heavy atom. The third kappa shape index (κ3) is 5.06. The van der Waals surface area contributed by atoms with Gasteiger partial charge in [-0.25, -0.2) is 0 Å². The van der Waals surface area contributed by atoms with Gasteiger partial charge in [0.1, 0.15) is 12.4 Å². The molecule has 9 heteroatoms. The summed E-state index contributed by atoms with van der Waals surface area (Å²) < 4.78 is 47.4. The van der Waals surface area contributed by atoms with E-state index in [0.717, 1.165) is 6.07 Å². The number of rotatable bonds is 7. The Kier molecular flexibility index (Phi) is 6.81. The predicted octanol–water partition coefficient (Wildman–Crippen LogP) is 7.89. The Hall–Kier alpha value is -5.05. The summed E-state index contributed by atoms with van der Waals surface area (Å²) in [5.41, 5.74) is 1.50. The second-order valence-electron chi connectivity index (χ2n) is 8.65. The maximum Gasteiger partial charge on any atom is 0.418 e. The lowest BCUT2D eigenvalue weighted by atomic mass is 9.90. The van der Waals surface area contributed by atoms with Gasteiger partial charge in [0.2, 0.25) is 0 Å². The maximum absolute atomic E-state index is 13.9. The molecule has 0 N–H and O–H groups in total. The van der Waals surface area contributed by atoms with Crippen molar-refractivity contribution in [3.05, 3.63) is 124 Å². The molecule has 0 fully saturated rings. The van der Waals surface area contributed by atoms with Crippen LogP contribution in [-0.2, 0) is 12.8 Å². The molecule has 0 aliphatic rings. The molecule has 194 valence electrons. The van der Waals surface area contributed by atoms with Gasteiger partial charge in [0.25, 0.3) is 5.69 Å². The summed E-state index contributed by atoms with van der Waals surface area (Å²) in [6.07, 6.45) is -2.60. The van der Waals surface area contributed by atoms with Gasteiger partial charge in [-0.2, -0.15) is 13.2 Å². The van der Waals surface area contributed by atoms with Crippen LogP contribution in [0, 0.1) is 10.1 Å². The zero-order valence-corrected chi connectivity index (χ0v) is 20.2. The van der Waals surface area contributed by atoms with Crippen molar-refractivity contribution in [3.63, 3.8) is 0 Å². The summed E-state index contributed by atoms with van der Waals surface area (Å²) in [5.74, 6) is 0.359. The monoisotopic (exact) mass is 528 g/mol. The number of alkyl halides is 3. The van der Waals surface area contributed by atoms with Crippen molar-refractivity contribution < 1.29 is 27.6 Å². The Morgan fingerprint density at radius 3 is 2.41 bits per heavy atom. The highest BCUT2D eigenvalue weighted by Gasteiger charge is 2.34. The number of nitro groups is 1. The van der Waals surface area contributed by atoms with Crippen LogP contribution in [0.5, 0.6) is 5.75 Å². The first-order valence-electron chi connectivity index (χ1n) is 11.8. The minimum atomic E-state index is -4.62. The first-order chi connectivity index (χ1) is 18.8. The lowest BCUT2D eigenvalue weighted by Gasteiger charge is -2.18. The number of nitro benzene ring substituents is 1. The number of halogens is 3. The van der Waals surface area contributed by atoms with Gasteiger partial charge in [0.05, 0.1) is 21.6 Å². The molecule has 0 saturated heterocycles. The number of nitrogens with zero attached hydrogens (tertiary/aromatic N) is 2. The summed E-state index contributed by atoms with van der Waals surface area (Å²) in [5, 5.41) is 11.6. The number of ether oxygens (including phenoxy) is 1. The molecule has 5 rings (SSSR count). The van der Waals surface area contributed by atoms with Crippen LogP contribution in [0.3, 0.4) is 0 Å². The topological polar surface area (TPSA) is 82.3 Å². The van der Waals surface area contributed by atoms with E-state index in [9.17, 15) is 28.1 Å². The van der Waals surface area contributed by atoms with Gasteiger partial charge in [-0.3, -0.25) is 19.9 Å². The van der Waals surface area contributed by atoms with Crippen LogP contribution in [0.4, 0.5) is 18.9 Å². The van der Waals surface area contributed by atoms with Crippen molar-refractivity contribution in [2.24, 2.45) is 0 Å². The van der Waals surface area contributed by atoms with E-state index >= 15 is 0 Å². The van der Waals surface area contributed by atoms with Crippen LogP contribution in [0.25, 0.3) is 33.2 Å². The number of aromatic nitrogens is 1. The fourth-order valence-electron chi connectivity index (χ4n) is 4.53. The lowest BCUT2D eigenvalue weighted by molar-refractivity contribution is -0.385. The molecule has 0 amide bonds. The van der Waals surface area contributed by atoms with Gasteiger partial charge < -0.3 is 4.74 Å². The Morgan fingerprint density at radius 1 is 0.897 bits per heavy atom. The highest BCUT2D eigenvalue weighted by atomic mass is 19.4. The molecule has 0 bridgehead atoms. The first-order valence-corrected chi connectivity index (χ1v) is 11.8. The van der Waals surface area contributed by atoms with E-state index in [1.54, 1.807) is 72.8 Å². The number of pyridine rings is 1. The van der Waals surface area contributed by atoms with Crippen molar-refractivity contribution in [2.75, 3.05) is 0 Å². The second-order valence-corrected chi connectivity index (χ2v) is 8.65. The summed E-state index contributed by atoms with van der Waals surface area (Å²) in [4.78, 5) is 26.9.